The number of nitrogens with one attached hydrogen (secondary N) is 2. The van der Waals surface area contributed by atoms with E-state index in [0.717, 1.165) is 12.8 Å². The predicted molar refractivity (Wildman–Crippen MR) is 94.9 cm³/mol. The fourth-order valence-corrected chi connectivity index (χ4v) is 2.80. The van der Waals surface area contributed by atoms with Crippen molar-refractivity contribution in [1.29, 1.82) is 0 Å². The van der Waals surface area contributed by atoms with Gasteiger partial charge in [-0.25, -0.2) is 9.37 Å². The molecule has 1 aliphatic rings. The normalized spacial score (nSPS) is 16.5. The second kappa shape index (κ2) is 8.09. The van der Waals surface area contributed by atoms with Gasteiger partial charge in [0.1, 0.15) is 12.4 Å². The molecule has 0 saturated carbocycles. The van der Waals surface area contributed by atoms with Crippen molar-refractivity contribution in [2.75, 3.05) is 18.5 Å². The van der Waals surface area contributed by atoms with Gasteiger partial charge in [0.15, 0.2) is 0 Å². The maximum absolute atomic E-state index is 13.4. The highest BCUT2D eigenvalue weighted by molar-refractivity contribution is 5.76. The number of hydrogen-bond donors (Lipinski definition) is 2. The number of carbonyl (C=O) groups is 1. The van der Waals surface area contributed by atoms with Crippen molar-refractivity contribution < 1.29 is 13.9 Å². The molecule has 8 heteroatoms. The van der Waals surface area contributed by atoms with Crippen molar-refractivity contribution in [3.63, 3.8) is 0 Å². The summed E-state index contributed by atoms with van der Waals surface area (Å²) in [6.45, 7) is 2.62. The molecule has 1 saturated heterocycles. The summed E-state index contributed by atoms with van der Waals surface area (Å²) in [5.74, 6) is -0.533. The summed E-state index contributed by atoms with van der Waals surface area (Å²) in [6, 6.07) is 7.16. The number of aromatic nitrogens is 2. The molecule has 2 aromatic rings. The molecule has 7 nitrogen and oxygen atoms in total. The number of amides is 1. The van der Waals surface area contributed by atoms with E-state index in [4.69, 9.17) is 4.74 Å². The van der Waals surface area contributed by atoms with E-state index in [0.29, 0.717) is 24.5 Å². The maximum atomic E-state index is 13.4. The van der Waals surface area contributed by atoms with Crippen LogP contribution in [0.5, 0.6) is 0 Å². The summed E-state index contributed by atoms with van der Waals surface area (Å²) in [4.78, 5) is 28.8. The summed E-state index contributed by atoms with van der Waals surface area (Å²) in [7, 11) is 0. The van der Waals surface area contributed by atoms with Crippen LogP contribution in [0.25, 0.3) is 0 Å². The highest BCUT2D eigenvalue weighted by atomic mass is 19.1. The number of ether oxygens (including phenoxy) is 1. The summed E-state index contributed by atoms with van der Waals surface area (Å²) in [5.41, 5.74) is 0.588. The highest BCUT2D eigenvalue weighted by Crippen LogP contribution is 2.15. The molecule has 0 bridgehead atoms. The Morgan fingerprint density at radius 2 is 2.27 bits per heavy atom. The number of benzene rings is 1. The number of rotatable bonds is 6. The van der Waals surface area contributed by atoms with E-state index >= 15 is 0 Å². The first-order chi connectivity index (χ1) is 12.5. The molecule has 1 aromatic heterocycles. The first kappa shape index (κ1) is 18.1. The lowest BCUT2D eigenvalue weighted by Gasteiger charge is -2.15. The van der Waals surface area contributed by atoms with Gasteiger partial charge in [0, 0.05) is 30.6 Å². The summed E-state index contributed by atoms with van der Waals surface area (Å²) >= 11 is 0. The number of halogens is 1. The molecule has 2 N–H and O–H groups in total. The van der Waals surface area contributed by atoms with Crippen LogP contribution in [-0.2, 0) is 16.1 Å². The molecule has 1 aliphatic heterocycles. The van der Waals surface area contributed by atoms with Gasteiger partial charge in [-0.2, -0.15) is 0 Å². The minimum atomic E-state index is -0.411. The minimum Gasteiger partial charge on any atom is -0.376 e. The molecule has 0 spiro atoms. The fourth-order valence-electron chi connectivity index (χ4n) is 2.80. The number of hydrogen-bond acceptors (Lipinski definition) is 5. The van der Waals surface area contributed by atoms with E-state index in [2.05, 4.69) is 15.6 Å². The van der Waals surface area contributed by atoms with Crippen molar-refractivity contribution >= 4 is 17.5 Å². The Labute approximate surface area is 150 Å². The third-order valence-corrected chi connectivity index (χ3v) is 4.07. The lowest BCUT2D eigenvalue weighted by molar-refractivity contribution is -0.122. The molecule has 26 heavy (non-hydrogen) atoms. The number of aryl methyl sites for hydroxylation is 1. The number of anilines is 2. The molecular weight excluding hydrogens is 339 g/mol. The van der Waals surface area contributed by atoms with Crippen LogP contribution in [0.4, 0.5) is 16.0 Å². The lowest BCUT2D eigenvalue weighted by atomic mass is 10.2. The third kappa shape index (κ3) is 4.66. The van der Waals surface area contributed by atoms with E-state index in [9.17, 15) is 14.0 Å². The molecule has 3 rings (SSSR count). The zero-order valence-corrected chi connectivity index (χ0v) is 14.5. The summed E-state index contributed by atoms with van der Waals surface area (Å²) < 4.78 is 20.1. The van der Waals surface area contributed by atoms with Gasteiger partial charge in [0.25, 0.3) is 5.56 Å². The molecule has 2 heterocycles. The third-order valence-electron chi connectivity index (χ3n) is 4.07. The minimum absolute atomic E-state index is 0.0247. The average Bonchev–Trinajstić information content (AvgIpc) is 3.10. The fraction of sp³-hybridized carbons (Fsp3) is 0.389. The summed E-state index contributed by atoms with van der Waals surface area (Å²) in [5, 5.41) is 5.68. The zero-order chi connectivity index (χ0) is 18.5. The Morgan fingerprint density at radius 1 is 1.42 bits per heavy atom. The number of carbonyl (C=O) groups excluding carboxylic acids is 1. The van der Waals surface area contributed by atoms with Crippen LogP contribution < -0.4 is 16.2 Å². The van der Waals surface area contributed by atoms with E-state index in [1.165, 1.54) is 22.8 Å². The molecule has 0 radical (unpaired) electrons. The molecule has 0 unspecified atom stereocenters. The predicted octanol–water partition coefficient (Wildman–Crippen LogP) is 1.73. The smallest absolute Gasteiger partial charge is 0.255 e. The monoisotopic (exact) mass is 360 g/mol. The first-order valence-electron chi connectivity index (χ1n) is 8.50. The SMILES string of the molecule is Cc1cc(=O)n(CC(=O)NC[C@H]2CCCO2)c(Nc2cccc(F)c2)n1. The molecule has 1 amide bonds. The molecule has 1 aromatic carbocycles. The summed E-state index contributed by atoms with van der Waals surface area (Å²) in [6.07, 6.45) is 1.93. The van der Waals surface area contributed by atoms with E-state index < -0.39 is 5.82 Å². The Bertz CT molecular complexity index is 847. The zero-order valence-electron chi connectivity index (χ0n) is 14.5. The molecule has 1 fully saturated rings. The Hall–Kier alpha value is -2.74. The topological polar surface area (TPSA) is 85.2 Å². The van der Waals surface area contributed by atoms with Crippen molar-refractivity contribution in [3.8, 4) is 0 Å². The van der Waals surface area contributed by atoms with Gasteiger partial charge in [-0.3, -0.25) is 14.2 Å². The van der Waals surface area contributed by atoms with Crippen molar-refractivity contribution in [1.82, 2.24) is 14.9 Å². The van der Waals surface area contributed by atoms with Crippen LogP contribution >= 0.6 is 0 Å². The van der Waals surface area contributed by atoms with Crippen LogP contribution in [0.1, 0.15) is 18.5 Å². The maximum Gasteiger partial charge on any atom is 0.255 e. The van der Waals surface area contributed by atoms with Gasteiger partial charge in [-0.05, 0) is 38.0 Å². The van der Waals surface area contributed by atoms with Gasteiger partial charge in [-0.15, -0.1) is 0 Å². The van der Waals surface area contributed by atoms with Crippen LogP contribution in [0.3, 0.4) is 0 Å². The quantitative estimate of drug-likeness (QED) is 0.819. The van der Waals surface area contributed by atoms with Gasteiger partial charge >= 0.3 is 0 Å². The van der Waals surface area contributed by atoms with Gasteiger partial charge < -0.3 is 15.4 Å². The second-order valence-electron chi connectivity index (χ2n) is 6.22. The largest absolute Gasteiger partial charge is 0.376 e. The van der Waals surface area contributed by atoms with E-state index in [1.807, 2.05) is 0 Å². The van der Waals surface area contributed by atoms with Gasteiger partial charge in [-0.1, -0.05) is 6.07 Å². The molecular formula is C18H21FN4O3. The number of nitrogens with zero attached hydrogens (tertiary/aromatic N) is 2. The van der Waals surface area contributed by atoms with Crippen molar-refractivity contribution in [2.45, 2.75) is 32.4 Å². The second-order valence-corrected chi connectivity index (χ2v) is 6.22. The van der Waals surface area contributed by atoms with Gasteiger partial charge in [0.05, 0.1) is 6.10 Å². The van der Waals surface area contributed by atoms with E-state index in [-0.39, 0.29) is 30.1 Å². The van der Waals surface area contributed by atoms with Crippen LogP contribution in [0.15, 0.2) is 35.1 Å². The Balaban J connectivity index is 1.74. The first-order valence-corrected chi connectivity index (χ1v) is 8.50. The standard InChI is InChI=1S/C18H21FN4O3/c1-12-8-17(25)23(11-16(24)20-10-15-6-3-7-26-15)18(21-12)22-14-5-2-4-13(19)9-14/h2,4-5,8-9,15H,3,6-7,10-11H2,1H3,(H,20,24)(H,21,22)/t15-/m1/s1. The molecule has 1 atom stereocenters. The van der Waals surface area contributed by atoms with Crippen LogP contribution in [0.2, 0.25) is 0 Å². The van der Waals surface area contributed by atoms with Crippen LogP contribution in [-0.4, -0.2) is 34.7 Å². The molecule has 0 aliphatic carbocycles. The Morgan fingerprint density at radius 3 is 3.00 bits per heavy atom. The van der Waals surface area contributed by atoms with Crippen molar-refractivity contribution in [2.24, 2.45) is 0 Å². The average molecular weight is 360 g/mol. The highest BCUT2D eigenvalue weighted by Gasteiger charge is 2.17. The van der Waals surface area contributed by atoms with Crippen LogP contribution in [0, 0.1) is 12.7 Å². The van der Waals surface area contributed by atoms with Gasteiger partial charge in [0.2, 0.25) is 11.9 Å². The Kier molecular flexibility index (Phi) is 5.62. The molecule has 138 valence electrons. The lowest BCUT2D eigenvalue weighted by Crippen LogP contribution is -2.37. The van der Waals surface area contributed by atoms with E-state index in [1.54, 1.807) is 19.1 Å². The van der Waals surface area contributed by atoms with Crippen molar-refractivity contribution in [3.05, 3.63) is 52.2 Å².